The Bertz CT molecular complexity index is 733. The Morgan fingerprint density at radius 3 is 2.67 bits per heavy atom. The molecule has 5 heteroatoms. The van der Waals surface area contributed by atoms with Crippen LogP contribution in [0, 0.1) is 35.3 Å². The van der Waals surface area contributed by atoms with Crippen LogP contribution in [-0.2, 0) is 6.61 Å². The predicted octanol–water partition coefficient (Wildman–Crippen LogP) is 3.66. The van der Waals surface area contributed by atoms with Crippen molar-refractivity contribution in [2.45, 2.75) is 20.5 Å². The summed E-state index contributed by atoms with van der Waals surface area (Å²) in [7, 11) is 0. The van der Waals surface area contributed by atoms with Gasteiger partial charge >= 0.3 is 0 Å². The highest BCUT2D eigenvalue weighted by Crippen LogP contribution is 2.24. The molecule has 0 atom stereocenters. The largest absolute Gasteiger partial charge is 0.489 e. The van der Waals surface area contributed by atoms with E-state index in [1.807, 2.05) is 6.92 Å². The van der Waals surface area contributed by atoms with E-state index in [4.69, 9.17) is 10.00 Å². The number of nitrogens with zero attached hydrogens (tertiary/aromatic N) is 2. The third-order valence-corrected chi connectivity index (χ3v) is 3.30. The van der Waals surface area contributed by atoms with Crippen molar-refractivity contribution in [3.63, 3.8) is 0 Å². The van der Waals surface area contributed by atoms with Gasteiger partial charge in [-0.15, -0.1) is 0 Å². The number of aryl methyl sites for hydroxylation is 1. The van der Waals surface area contributed by atoms with E-state index in [0.29, 0.717) is 16.9 Å². The minimum Gasteiger partial charge on any atom is -0.489 e. The lowest BCUT2D eigenvalue weighted by Gasteiger charge is -2.11. The van der Waals surface area contributed by atoms with Crippen LogP contribution < -0.4 is 4.74 Å². The summed E-state index contributed by atoms with van der Waals surface area (Å²) in [6.07, 6.45) is 0. The van der Waals surface area contributed by atoms with Crippen molar-refractivity contribution in [3.8, 4) is 11.8 Å². The zero-order chi connectivity index (χ0) is 15.4. The van der Waals surface area contributed by atoms with E-state index >= 15 is 0 Å². The Kier molecular flexibility index (Phi) is 4.19. The van der Waals surface area contributed by atoms with Gasteiger partial charge in [-0.05, 0) is 43.2 Å². The quantitative estimate of drug-likeness (QED) is 0.633. The summed E-state index contributed by atoms with van der Waals surface area (Å²) in [5.74, 6) is 0.667. The third-order valence-electron chi connectivity index (χ3n) is 3.30. The maximum atomic E-state index is 10.9. The van der Waals surface area contributed by atoms with Gasteiger partial charge in [0.25, 0.3) is 5.69 Å². The van der Waals surface area contributed by atoms with Crippen LogP contribution in [0.1, 0.15) is 22.3 Å². The Balaban J connectivity index is 2.19. The van der Waals surface area contributed by atoms with Crippen LogP contribution in [0.2, 0.25) is 0 Å². The number of rotatable bonds is 4. The fraction of sp³-hybridized carbons (Fsp3) is 0.188. The van der Waals surface area contributed by atoms with E-state index in [2.05, 4.69) is 6.07 Å². The number of nitriles is 1. The summed E-state index contributed by atoms with van der Waals surface area (Å²) in [6, 6.07) is 12.2. The van der Waals surface area contributed by atoms with Gasteiger partial charge in [0.2, 0.25) is 0 Å². The van der Waals surface area contributed by atoms with Gasteiger partial charge in [0.1, 0.15) is 12.4 Å². The average molecular weight is 282 g/mol. The Morgan fingerprint density at radius 2 is 2.05 bits per heavy atom. The van der Waals surface area contributed by atoms with E-state index in [1.54, 1.807) is 37.3 Å². The van der Waals surface area contributed by atoms with Crippen molar-refractivity contribution in [2.24, 2.45) is 0 Å². The molecule has 106 valence electrons. The van der Waals surface area contributed by atoms with Crippen molar-refractivity contribution in [1.82, 2.24) is 0 Å². The monoisotopic (exact) mass is 282 g/mol. The summed E-state index contributed by atoms with van der Waals surface area (Å²) in [5, 5.41) is 19.7. The number of nitro groups is 1. The molecule has 0 fully saturated rings. The second-order valence-electron chi connectivity index (χ2n) is 4.70. The first-order valence-corrected chi connectivity index (χ1v) is 6.39. The first-order chi connectivity index (χ1) is 10.0. The van der Waals surface area contributed by atoms with Crippen LogP contribution in [0.5, 0.6) is 5.75 Å². The summed E-state index contributed by atoms with van der Waals surface area (Å²) >= 11 is 0. The molecular weight excluding hydrogens is 268 g/mol. The van der Waals surface area contributed by atoms with Gasteiger partial charge in [0.15, 0.2) is 0 Å². The zero-order valence-corrected chi connectivity index (χ0v) is 11.8. The molecule has 0 heterocycles. The molecule has 5 nitrogen and oxygen atoms in total. The van der Waals surface area contributed by atoms with Crippen molar-refractivity contribution >= 4 is 5.69 Å². The summed E-state index contributed by atoms with van der Waals surface area (Å²) in [5.41, 5.74) is 2.90. The van der Waals surface area contributed by atoms with Gasteiger partial charge < -0.3 is 4.74 Å². The van der Waals surface area contributed by atoms with Crippen LogP contribution >= 0.6 is 0 Å². The van der Waals surface area contributed by atoms with Crippen LogP contribution in [0.3, 0.4) is 0 Å². The maximum Gasteiger partial charge on any atom is 0.272 e. The summed E-state index contributed by atoms with van der Waals surface area (Å²) in [6.45, 7) is 3.82. The Labute approximate surface area is 122 Å². The van der Waals surface area contributed by atoms with Gasteiger partial charge in [-0.3, -0.25) is 10.1 Å². The summed E-state index contributed by atoms with van der Waals surface area (Å²) in [4.78, 5) is 10.5. The van der Waals surface area contributed by atoms with Gasteiger partial charge in [-0.25, -0.2) is 0 Å². The fourth-order valence-electron chi connectivity index (χ4n) is 2.06. The molecule has 0 bridgehead atoms. The second kappa shape index (κ2) is 6.06. The molecule has 2 aromatic rings. The highest BCUT2D eigenvalue weighted by atomic mass is 16.6. The first kappa shape index (κ1) is 14.5. The van der Waals surface area contributed by atoms with Crippen molar-refractivity contribution in [1.29, 1.82) is 5.26 Å². The van der Waals surface area contributed by atoms with E-state index in [1.165, 1.54) is 6.07 Å². The van der Waals surface area contributed by atoms with Crippen LogP contribution in [0.4, 0.5) is 5.69 Å². The fourth-order valence-corrected chi connectivity index (χ4v) is 2.06. The van der Waals surface area contributed by atoms with Gasteiger partial charge in [0.05, 0.1) is 16.6 Å². The number of hydrogen-bond donors (Lipinski definition) is 0. The molecule has 21 heavy (non-hydrogen) atoms. The molecule has 0 amide bonds. The zero-order valence-electron chi connectivity index (χ0n) is 11.8. The average Bonchev–Trinajstić information content (AvgIpc) is 2.46. The molecule has 2 rings (SSSR count). The molecule has 0 aliphatic rings. The molecule has 0 unspecified atom stereocenters. The standard InChI is InChI=1S/C16H14N2O3/c1-11-8-13(9-17)6-7-16(11)21-10-14-4-3-5-15(12(14)2)18(19)20/h3-8H,10H2,1-2H3. The predicted molar refractivity (Wildman–Crippen MR) is 78.1 cm³/mol. The summed E-state index contributed by atoms with van der Waals surface area (Å²) < 4.78 is 5.71. The molecular formula is C16H14N2O3. The molecule has 0 radical (unpaired) electrons. The van der Waals surface area contributed by atoms with E-state index in [-0.39, 0.29) is 12.3 Å². The number of nitro benzene ring substituents is 1. The second-order valence-corrected chi connectivity index (χ2v) is 4.70. The minimum atomic E-state index is -0.397. The van der Waals surface area contributed by atoms with E-state index in [0.717, 1.165) is 11.1 Å². The first-order valence-electron chi connectivity index (χ1n) is 6.39. The lowest BCUT2D eigenvalue weighted by Crippen LogP contribution is -2.02. The SMILES string of the molecule is Cc1cc(C#N)ccc1OCc1cccc([N+](=O)[O-])c1C. The van der Waals surface area contributed by atoms with E-state index < -0.39 is 4.92 Å². The lowest BCUT2D eigenvalue weighted by atomic mass is 10.1. The van der Waals surface area contributed by atoms with Crippen LogP contribution in [-0.4, -0.2) is 4.92 Å². The minimum absolute atomic E-state index is 0.0904. The number of hydrogen-bond acceptors (Lipinski definition) is 4. The molecule has 0 aromatic heterocycles. The maximum absolute atomic E-state index is 10.9. The van der Waals surface area contributed by atoms with Gasteiger partial charge in [-0.1, -0.05) is 12.1 Å². The molecule has 0 N–H and O–H groups in total. The topological polar surface area (TPSA) is 76.2 Å². The molecule has 0 aliphatic carbocycles. The molecule has 0 spiro atoms. The molecule has 0 saturated heterocycles. The highest BCUT2D eigenvalue weighted by Gasteiger charge is 2.13. The van der Waals surface area contributed by atoms with Crippen molar-refractivity contribution in [2.75, 3.05) is 0 Å². The van der Waals surface area contributed by atoms with Gasteiger partial charge in [0, 0.05) is 11.6 Å². The van der Waals surface area contributed by atoms with Crippen LogP contribution in [0.15, 0.2) is 36.4 Å². The smallest absolute Gasteiger partial charge is 0.272 e. The lowest BCUT2D eigenvalue weighted by molar-refractivity contribution is -0.385. The Morgan fingerprint density at radius 1 is 1.29 bits per heavy atom. The number of ether oxygens (including phenoxy) is 1. The molecule has 0 saturated carbocycles. The number of benzene rings is 2. The Hall–Kier alpha value is -2.87. The van der Waals surface area contributed by atoms with Crippen LogP contribution in [0.25, 0.3) is 0 Å². The normalized spacial score (nSPS) is 9.95. The van der Waals surface area contributed by atoms with Gasteiger partial charge in [-0.2, -0.15) is 5.26 Å². The molecule has 2 aromatic carbocycles. The van der Waals surface area contributed by atoms with Crippen molar-refractivity contribution < 1.29 is 9.66 Å². The van der Waals surface area contributed by atoms with E-state index in [9.17, 15) is 10.1 Å². The third kappa shape index (κ3) is 3.18. The highest BCUT2D eigenvalue weighted by molar-refractivity contribution is 5.45. The molecule has 0 aliphatic heterocycles. The van der Waals surface area contributed by atoms with Crippen molar-refractivity contribution in [3.05, 3.63) is 68.8 Å².